The summed E-state index contributed by atoms with van der Waals surface area (Å²) in [5.41, 5.74) is 0.966. The lowest BCUT2D eigenvalue weighted by molar-refractivity contribution is 0.102. The largest absolute Gasteiger partial charge is 0.496 e. The Kier molecular flexibility index (Phi) is 3.50. The van der Waals surface area contributed by atoms with Crippen molar-refractivity contribution in [2.75, 3.05) is 12.4 Å². The molecular formula is C15H12N4O3. The quantitative estimate of drug-likeness (QED) is 0.798. The van der Waals surface area contributed by atoms with Crippen LogP contribution in [0.2, 0.25) is 0 Å². The normalized spacial score (nSPS) is 10.4. The number of rotatable bonds is 4. The van der Waals surface area contributed by atoms with Gasteiger partial charge in [0.25, 0.3) is 5.91 Å². The van der Waals surface area contributed by atoms with Crippen LogP contribution in [0.3, 0.4) is 0 Å². The lowest BCUT2D eigenvalue weighted by Crippen LogP contribution is -2.13. The number of carbonyl (C=O) groups is 1. The predicted octanol–water partition coefficient (Wildman–Crippen LogP) is 2.41. The molecule has 0 saturated carbocycles. The van der Waals surface area contributed by atoms with E-state index in [1.54, 1.807) is 36.7 Å². The highest BCUT2D eigenvalue weighted by atomic mass is 16.5. The van der Waals surface area contributed by atoms with Crippen molar-refractivity contribution in [1.29, 1.82) is 5.26 Å². The molecule has 0 fully saturated rings. The average molecular weight is 296 g/mol. The van der Waals surface area contributed by atoms with Gasteiger partial charge in [-0.2, -0.15) is 10.4 Å². The lowest BCUT2D eigenvalue weighted by atomic mass is 10.1. The SMILES string of the molecule is COc1cc(C(=O)Nc2ccn(CC#N)n2)cc2occc12. The Hall–Kier alpha value is -3.27. The monoisotopic (exact) mass is 296 g/mol. The summed E-state index contributed by atoms with van der Waals surface area (Å²) in [7, 11) is 1.53. The summed E-state index contributed by atoms with van der Waals surface area (Å²) in [6, 6.07) is 8.65. The van der Waals surface area contributed by atoms with E-state index in [4.69, 9.17) is 14.4 Å². The molecule has 0 aliphatic heterocycles. The van der Waals surface area contributed by atoms with Crippen molar-refractivity contribution in [2.45, 2.75) is 6.54 Å². The smallest absolute Gasteiger partial charge is 0.257 e. The molecule has 3 aromatic rings. The number of nitriles is 1. The maximum atomic E-state index is 12.3. The van der Waals surface area contributed by atoms with Gasteiger partial charge in [0.1, 0.15) is 17.9 Å². The van der Waals surface area contributed by atoms with Crippen LogP contribution in [-0.2, 0) is 6.54 Å². The van der Waals surface area contributed by atoms with Crippen LogP contribution in [0.1, 0.15) is 10.4 Å². The van der Waals surface area contributed by atoms with Gasteiger partial charge in [-0.3, -0.25) is 9.48 Å². The van der Waals surface area contributed by atoms with E-state index in [0.29, 0.717) is 22.7 Å². The van der Waals surface area contributed by atoms with Crippen LogP contribution < -0.4 is 10.1 Å². The van der Waals surface area contributed by atoms with Crippen LogP contribution in [0.4, 0.5) is 5.82 Å². The van der Waals surface area contributed by atoms with Gasteiger partial charge in [-0.05, 0) is 18.2 Å². The van der Waals surface area contributed by atoms with E-state index < -0.39 is 0 Å². The molecular weight excluding hydrogens is 284 g/mol. The Bertz CT molecular complexity index is 872. The topological polar surface area (TPSA) is 93.1 Å². The van der Waals surface area contributed by atoms with Gasteiger partial charge in [0.15, 0.2) is 5.82 Å². The number of fused-ring (bicyclic) bond motifs is 1. The highest BCUT2D eigenvalue weighted by Gasteiger charge is 2.13. The Morgan fingerprint density at radius 2 is 2.36 bits per heavy atom. The molecule has 0 unspecified atom stereocenters. The number of ether oxygens (including phenoxy) is 1. The van der Waals surface area contributed by atoms with Gasteiger partial charge in [-0.25, -0.2) is 0 Å². The third kappa shape index (κ3) is 2.50. The second-order valence-electron chi connectivity index (χ2n) is 4.52. The number of hydrogen-bond acceptors (Lipinski definition) is 5. The van der Waals surface area contributed by atoms with Crippen LogP contribution in [0, 0.1) is 11.3 Å². The minimum Gasteiger partial charge on any atom is -0.496 e. The third-order valence-corrected chi connectivity index (χ3v) is 3.13. The third-order valence-electron chi connectivity index (χ3n) is 3.13. The summed E-state index contributed by atoms with van der Waals surface area (Å²) in [6.07, 6.45) is 3.16. The number of furan rings is 1. The van der Waals surface area contributed by atoms with Crippen molar-refractivity contribution < 1.29 is 13.9 Å². The number of amides is 1. The van der Waals surface area contributed by atoms with Crippen molar-refractivity contribution in [3.05, 3.63) is 42.3 Å². The number of hydrogen-bond donors (Lipinski definition) is 1. The van der Waals surface area contributed by atoms with E-state index in [9.17, 15) is 4.79 Å². The van der Waals surface area contributed by atoms with Gasteiger partial charge in [0, 0.05) is 17.8 Å². The highest BCUT2D eigenvalue weighted by molar-refractivity contribution is 6.06. The average Bonchev–Trinajstić information content (AvgIpc) is 3.15. The molecule has 0 aliphatic rings. The minimum absolute atomic E-state index is 0.127. The molecule has 22 heavy (non-hydrogen) atoms. The summed E-state index contributed by atoms with van der Waals surface area (Å²) < 4.78 is 12.0. The van der Waals surface area contributed by atoms with Crippen molar-refractivity contribution in [3.8, 4) is 11.8 Å². The van der Waals surface area contributed by atoms with E-state index in [-0.39, 0.29) is 12.5 Å². The fraction of sp³-hybridized carbons (Fsp3) is 0.133. The van der Waals surface area contributed by atoms with Crippen LogP contribution in [0.5, 0.6) is 5.75 Å². The molecule has 0 aliphatic carbocycles. The van der Waals surface area contributed by atoms with Crippen molar-refractivity contribution in [3.63, 3.8) is 0 Å². The number of methoxy groups -OCH3 is 1. The molecule has 0 bridgehead atoms. The Labute approximate surface area is 125 Å². The minimum atomic E-state index is -0.334. The first-order valence-electron chi connectivity index (χ1n) is 6.48. The summed E-state index contributed by atoms with van der Waals surface area (Å²) >= 11 is 0. The molecule has 1 N–H and O–H groups in total. The van der Waals surface area contributed by atoms with E-state index in [1.165, 1.54) is 11.8 Å². The zero-order valence-corrected chi connectivity index (χ0v) is 11.7. The van der Waals surface area contributed by atoms with Gasteiger partial charge in [0.2, 0.25) is 0 Å². The van der Waals surface area contributed by atoms with Gasteiger partial charge in [-0.1, -0.05) is 0 Å². The summed E-state index contributed by atoms with van der Waals surface area (Å²) in [6.45, 7) is 0.127. The molecule has 110 valence electrons. The Morgan fingerprint density at radius 3 is 3.14 bits per heavy atom. The number of anilines is 1. The van der Waals surface area contributed by atoms with Gasteiger partial charge in [0.05, 0.1) is 24.8 Å². The first-order chi connectivity index (χ1) is 10.7. The maximum absolute atomic E-state index is 12.3. The fourth-order valence-corrected chi connectivity index (χ4v) is 2.12. The highest BCUT2D eigenvalue weighted by Crippen LogP contribution is 2.28. The lowest BCUT2D eigenvalue weighted by Gasteiger charge is -2.06. The molecule has 2 aromatic heterocycles. The van der Waals surface area contributed by atoms with Crippen molar-refractivity contribution in [2.24, 2.45) is 0 Å². The van der Waals surface area contributed by atoms with Crippen molar-refractivity contribution in [1.82, 2.24) is 9.78 Å². The van der Waals surface area contributed by atoms with Gasteiger partial charge >= 0.3 is 0 Å². The Morgan fingerprint density at radius 1 is 1.50 bits per heavy atom. The van der Waals surface area contributed by atoms with Crippen LogP contribution in [-0.4, -0.2) is 22.8 Å². The first-order valence-corrected chi connectivity index (χ1v) is 6.48. The maximum Gasteiger partial charge on any atom is 0.257 e. The van der Waals surface area contributed by atoms with Gasteiger partial charge < -0.3 is 14.5 Å². The van der Waals surface area contributed by atoms with Crippen LogP contribution >= 0.6 is 0 Å². The second kappa shape index (κ2) is 5.61. The van der Waals surface area contributed by atoms with E-state index >= 15 is 0 Å². The number of benzene rings is 1. The predicted molar refractivity (Wildman–Crippen MR) is 78.6 cm³/mol. The molecule has 0 radical (unpaired) electrons. The second-order valence-corrected chi connectivity index (χ2v) is 4.52. The number of aromatic nitrogens is 2. The van der Waals surface area contributed by atoms with Crippen LogP contribution in [0.25, 0.3) is 11.0 Å². The van der Waals surface area contributed by atoms with E-state index in [2.05, 4.69) is 10.4 Å². The van der Waals surface area contributed by atoms with Crippen molar-refractivity contribution >= 4 is 22.7 Å². The molecule has 3 rings (SSSR count). The molecule has 0 atom stereocenters. The Balaban J connectivity index is 1.86. The van der Waals surface area contributed by atoms with Crippen LogP contribution in [0.15, 0.2) is 41.1 Å². The molecule has 1 aromatic carbocycles. The van der Waals surface area contributed by atoms with E-state index in [1.807, 2.05) is 6.07 Å². The molecule has 7 heteroatoms. The fourth-order valence-electron chi connectivity index (χ4n) is 2.12. The zero-order valence-electron chi connectivity index (χ0n) is 11.7. The van der Waals surface area contributed by atoms with E-state index in [0.717, 1.165) is 5.39 Å². The summed E-state index contributed by atoms with van der Waals surface area (Å²) in [4.78, 5) is 12.3. The summed E-state index contributed by atoms with van der Waals surface area (Å²) in [5, 5.41) is 16.1. The molecule has 2 heterocycles. The zero-order chi connectivity index (χ0) is 15.5. The standard InChI is InChI=1S/C15H12N4O3/c1-21-12-8-10(9-13-11(12)3-7-22-13)15(20)17-14-2-5-19(18-14)6-4-16/h2-3,5,7-9H,6H2,1H3,(H,17,18,20). The molecule has 0 spiro atoms. The van der Waals surface area contributed by atoms with Gasteiger partial charge in [-0.15, -0.1) is 0 Å². The molecule has 7 nitrogen and oxygen atoms in total. The molecule has 1 amide bonds. The summed E-state index contributed by atoms with van der Waals surface area (Å²) in [5.74, 6) is 0.601. The number of nitrogens with zero attached hydrogens (tertiary/aromatic N) is 3. The number of carbonyl (C=O) groups excluding carboxylic acids is 1. The first kappa shape index (κ1) is 13.7. The molecule has 0 saturated heterocycles. The number of nitrogens with one attached hydrogen (secondary N) is 1.